The molecule has 2 saturated heterocycles. The van der Waals surface area contributed by atoms with Crippen molar-refractivity contribution in [2.75, 3.05) is 46.4 Å². The van der Waals surface area contributed by atoms with Crippen molar-refractivity contribution in [1.29, 1.82) is 0 Å². The van der Waals surface area contributed by atoms with E-state index in [9.17, 15) is 13.2 Å². The summed E-state index contributed by atoms with van der Waals surface area (Å²) in [5.41, 5.74) is 2.53. The minimum Gasteiger partial charge on any atom is -0.497 e. The van der Waals surface area contributed by atoms with Gasteiger partial charge in [0.15, 0.2) is 0 Å². The van der Waals surface area contributed by atoms with E-state index in [0.717, 1.165) is 38.4 Å². The molecule has 3 aliphatic heterocycles. The van der Waals surface area contributed by atoms with Crippen molar-refractivity contribution in [2.45, 2.75) is 36.7 Å². The molecule has 1 atom stereocenters. The number of benzene rings is 2. The van der Waals surface area contributed by atoms with E-state index in [4.69, 9.17) is 9.47 Å². The quantitative estimate of drug-likeness (QED) is 0.624. The molecule has 2 aromatic rings. The van der Waals surface area contributed by atoms with Gasteiger partial charge in [0.1, 0.15) is 17.5 Å². The molecule has 0 aliphatic carbocycles. The first-order valence-corrected chi connectivity index (χ1v) is 13.3. The molecule has 0 N–H and O–H groups in total. The SMILES string of the molecule is COc1ccc(S(=O)(=O)N2CCC[C@H]2C(=O)N2CCN(Cc3ccc4c(c3)CCO4)CC2)cc1. The number of carbonyl (C=O) groups excluding carboxylic acids is 1. The summed E-state index contributed by atoms with van der Waals surface area (Å²) >= 11 is 0. The van der Waals surface area contributed by atoms with Gasteiger partial charge in [-0.05, 0) is 54.3 Å². The van der Waals surface area contributed by atoms with Crippen molar-refractivity contribution >= 4 is 15.9 Å². The van der Waals surface area contributed by atoms with Gasteiger partial charge in [0.25, 0.3) is 0 Å². The summed E-state index contributed by atoms with van der Waals surface area (Å²) in [4.78, 5) is 17.7. The second-order valence-electron chi connectivity index (χ2n) is 9.09. The second kappa shape index (κ2) is 9.56. The second-order valence-corrected chi connectivity index (χ2v) is 11.0. The van der Waals surface area contributed by atoms with Gasteiger partial charge in [-0.15, -0.1) is 0 Å². The topological polar surface area (TPSA) is 79.4 Å². The highest BCUT2D eigenvalue weighted by Gasteiger charge is 2.41. The van der Waals surface area contributed by atoms with Crippen molar-refractivity contribution in [3.63, 3.8) is 0 Å². The number of sulfonamides is 1. The van der Waals surface area contributed by atoms with E-state index in [-0.39, 0.29) is 10.8 Å². The van der Waals surface area contributed by atoms with Crippen LogP contribution in [0.4, 0.5) is 0 Å². The minimum absolute atomic E-state index is 0.0797. The first-order valence-electron chi connectivity index (χ1n) is 11.9. The molecule has 3 aliphatic rings. The smallest absolute Gasteiger partial charge is 0.243 e. The molecule has 0 radical (unpaired) electrons. The summed E-state index contributed by atoms with van der Waals surface area (Å²) in [5.74, 6) is 1.51. The number of piperazine rings is 1. The van der Waals surface area contributed by atoms with E-state index < -0.39 is 16.1 Å². The fraction of sp³-hybridized carbons (Fsp3) is 0.480. The fourth-order valence-corrected chi connectivity index (χ4v) is 6.74. The Kier molecular flexibility index (Phi) is 6.50. The van der Waals surface area contributed by atoms with Crippen LogP contribution in [-0.4, -0.2) is 80.9 Å². The van der Waals surface area contributed by atoms with E-state index >= 15 is 0 Å². The van der Waals surface area contributed by atoms with Gasteiger partial charge in [-0.1, -0.05) is 12.1 Å². The third-order valence-corrected chi connectivity index (χ3v) is 8.92. The number of methoxy groups -OCH3 is 1. The Labute approximate surface area is 201 Å². The molecule has 0 bridgehead atoms. The number of ether oxygens (including phenoxy) is 2. The van der Waals surface area contributed by atoms with Crippen LogP contribution in [0.3, 0.4) is 0 Å². The van der Waals surface area contributed by atoms with Gasteiger partial charge in [0.2, 0.25) is 15.9 Å². The Balaban J connectivity index is 1.20. The third-order valence-electron chi connectivity index (χ3n) is 7.00. The highest BCUT2D eigenvalue weighted by Crippen LogP contribution is 2.29. The monoisotopic (exact) mass is 485 g/mol. The number of hydrogen-bond acceptors (Lipinski definition) is 6. The summed E-state index contributed by atoms with van der Waals surface area (Å²) in [6.07, 6.45) is 2.21. The molecule has 0 spiro atoms. The Morgan fingerprint density at radius 3 is 2.56 bits per heavy atom. The lowest BCUT2D eigenvalue weighted by Crippen LogP contribution is -2.54. The highest BCUT2D eigenvalue weighted by atomic mass is 32.2. The van der Waals surface area contributed by atoms with Crippen LogP contribution in [0, 0.1) is 0 Å². The van der Waals surface area contributed by atoms with Gasteiger partial charge in [-0.2, -0.15) is 4.31 Å². The molecule has 5 rings (SSSR count). The summed E-state index contributed by atoms with van der Waals surface area (Å²) in [6, 6.07) is 12.1. The number of rotatable bonds is 6. The molecular weight excluding hydrogens is 454 g/mol. The van der Waals surface area contributed by atoms with Gasteiger partial charge in [0.05, 0.1) is 18.6 Å². The van der Waals surface area contributed by atoms with Gasteiger partial charge in [0, 0.05) is 45.7 Å². The molecule has 1 amide bonds. The molecule has 182 valence electrons. The molecule has 2 aromatic carbocycles. The molecule has 0 unspecified atom stereocenters. The molecule has 34 heavy (non-hydrogen) atoms. The zero-order chi connectivity index (χ0) is 23.7. The number of nitrogens with zero attached hydrogens (tertiary/aromatic N) is 3. The summed E-state index contributed by atoms with van der Waals surface area (Å²) < 4.78 is 38.6. The van der Waals surface area contributed by atoms with Gasteiger partial charge < -0.3 is 14.4 Å². The zero-order valence-electron chi connectivity index (χ0n) is 19.5. The average Bonchev–Trinajstić information content (AvgIpc) is 3.54. The average molecular weight is 486 g/mol. The Bertz CT molecular complexity index is 1140. The Morgan fingerprint density at radius 2 is 1.82 bits per heavy atom. The van der Waals surface area contributed by atoms with E-state index in [1.165, 1.54) is 27.6 Å². The fourth-order valence-electron chi connectivity index (χ4n) is 5.09. The Morgan fingerprint density at radius 1 is 1.06 bits per heavy atom. The van der Waals surface area contributed by atoms with Crippen LogP contribution in [-0.2, 0) is 27.8 Å². The van der Waals surface area contributed by atoms with E-state index in [2.05, 4.69) is 23.1 Å². The predicted octanol–water partition coefficient (Wildman–Crippen LogP) is 2.13. The molecule has 8 nitrogen and oxygen atoms in total. The first kappa shape index (κ1) is 23.1. The molecule has 2 fully saturated rings. The minimum atomic E-state index is -3.74. The highest BCUT2D eigenvalue weighted by molar-refractivity contribution is 7.89. The third kappa shape index (κ3) is 4.52. The summed E-state index contributed by atoms with van der Waals surface area (Å²) in [5, 5.41) is 0. The van der Waals surface area contributed by atoms with Gasteiger partial charge >= 0.3 is 0 Å². The van der Waals surface area contributed by atoms with E-state index in [1.54, 1.807) is 19.2 Å². The van der Waals surface area contributed by atoms with Crippen molar-refractivity contribution < 1.29 is 22.7 Å². The number of fused-ring (bicyclic) bond motifs is 1. The van der Waals surface area contributed by atoms with E-state index in [1.807, 2.05) is 4.90 Å². The molecule has 0 aromatic heterocycles. The lowest BCUT2D eigenvalue weighted by atomic mass is 10.1. The maximum atomic E-state index is 13.3. The maximum absolute atomic E-state index is 13.3. The Hall–Kier alpha value is -2.62. The van der Waals surface area contributed by atoms with Crippen LogP contribution < -0.4 is 9.47 Å². The molecule has 0 saturated carbocycles. The van der Waals surface area contributed by atoms with Crippen LogP contribution in [0.2, 0.25) is 0 Å². The normalized spacial score (nSPS) is 21.3. The van der Waals surface area contributed by atoms with Crippen LogP contribution in [0.25, 0.3) is 0 Å². The number of hydrogen-bond donors (Lipinski definition) is 0. The van der Waals surface area contributed by atoms with Crippen molar-refractivity contribution in [1.82, 2.24) is 14.1 Å². The summed E-state index contributed by atoms with van der Waals surface area (Å²) in [6.45, 7) is 4.74. The van der Waals surface area contributed by atoms with Crippen LogP contribution >= 0.6 is 0 Å². The standard InChI is InChI=1S/C25H31N3O5S/c1-32-21-5-7-22(8-6-21)34(30,31)28-11-2-3-23(28)25(29)27-14-12-26(13-15-27)18-19-4-9-24-20(17-19)10-16-33-24/h4-9,17,23H,2-3,10-16,18H2,1H3/t23-/m0/s1. The lowest BCUT2D eigenvalue weighted by molar-refractivity contribution is -0.136. The largest absolute Gasteiger partial charge is 0.497 e. The molecule has 9 heteroatoms. The predicted molar refractivity (Wildman–Crippen MR) is 127 cm³/mol. The molecule has 3 heterocycles. The van der Waals surface area contributed by atoms with Crippen LogP contribution in [0.5, 0.6) is 11.5 Å². The van der Waals surface area contributed by atoms with Crippen molar-refractivity contribution in [3.05, 3.63) is 53.6 Å². The van der Waals surface area contributed by atoms with Crippen LogP contribution in [0.15, 0.2) is 47.4 Å². The van der Waals surface area contributed by atoms with Gasteiger partial charge in [-0.25, -0.2) is 8.42 Å². The first-order chi connectivity index (χ1) is 16.5. The number of carbonyl (C=O) groups is 1. The maximum Gasteiger partial charge on any atom is 0.243 e. The zero-order valence-corrected chi connectivity index (χ0v) is 20.3. The van der Waals surface area contributed by atoms with Gasteiger partial charge in [-0.3, -0.25) is 9.69 Å². The number of amides is 1. The van der Waals surface area contributed by atoms with Crippen molar-refractivity contribution in [2.24, 2.45) is 0 Å². The van der Waals surface area contributed by atoms with Crippen LogP contribution in [0.1, 0.15) is 24.0 Å². The van der Waals surface area contributed by atoms with Crippen molar-refractivity contribution in [3.8, 4) is 11.5 Å². The molecular formula is C25H31N3O5S. The summed E-state index contributed by atoms with van der Waals surface area (Å²) in [7, 11) is -2.20. The lowest BCUT2D eigenvalue weighted by Gasteiger charge is -2.37. The van der Waals surface area contributed by atoms with E-state index in [0.29, 0.717) is 38.2 Å².